The molecule has 8 nitrogen and oxygen atoms in total. The average molecular weight is 406 g/mol. The Kier molecular flexibility index (Phi) is 5.74. The second kappa shape index (κ2) is 8.61. The number of carbonyl (C=O) groups is 1. The summed E-state index contributed by atoms with van der Waals surface area (Å²) in [5, 5.41) is 4.02. The Morgan fingerprint density at radius 2 is 2.10 bits per heavy atom. The van der Waals surface area contributed by atoms with Crippen LogP contribution >= 0.6 is 0 Å². The molecule has 0 unspecified atom stereocenters. The maximum atomic E-state index is 13.3. The molecule has 30 heavy (non-hydrogen) atoms. The molecule has 0 spiro atoms. The standard InChI is InChI=1S/C22H26N6O2/c1-4-6-16-13-18(26-30-16)21(29)28-12-5-7-19(28)20-17(15-8-10-23-11-9-15)14-24-22(25-20)27(2)3/h8-11,13-14,19H,4-7,12H2,1-3H3/t19-/m0/s1. The fourth-order valence-corrected chi connectivity index (χ4v) is 3.83. The number of carbonyl (C=O) groups excluding carboxylic acids is 1. The predicted octanol–water partition coefficient (Wildman–Crippen LogP) is 3.52. The molecule has 1 saturated heterocycles. The van der Waals surface area contributed by atoms with E-state index >= 15 is 0 Å². The second-order valence-corrected chi connectivity index (χ2v) is 7.68. The number of pyridine rings is 1. The van der Waals surface area contributed by atoms with Crippen molar-refractivity contribution in [2.24, 2.45) is 0 Å². The van der Waals surface area contributed by atoms with Crippen LogP contribution in [0.2, 0.25) is 0 Å². The minimum Gasteiger partial charge on any atom is -0.361 e. The maximum Gasteiger partial charge on any atom is 0.276 e. The Bertz CT molecular complexity index is 1020. The summed E-state index contributed by atoms with van der Waals surface area (Å²) in [5.41, 5.74) is 3.11. The smallest absolute Gasteiger partial charge is 0.276 e. The first-order valence-electron chi connectivity index (χ1n) is 10.3. The fraction of sp³-hybridized carbons (Fsp3) is 0.409. The van der Waals surface area contributed by atoms with Gasteiger partial charge in [-0.05, 0) is 37.0 Å². The van der Waals surface area contributed by atoms with Crippen molar-refractivity contribution in [3.63, 3.8) is 0 Å². The first-order chi connectivity index (χ1) is 14.6. The van der Waals surface area contributed by atoms with E-state index in [0.29, 0.717) is 18.2 Å². The lowest BCUT2D eigenvalue weighted by Gasteiger charge is -2.26. The molecule has 1 fully saturated rings. The van der Waals surface area contributed by atoms with E-state index in [1.807, 2.05) is 42.2 Å². The third-order valence-electron chi connectivity index (χ3n) is 5.30. The molecule has 1 amide bonds. The zero-order valence-electron chi connectivity index (χ0n) is 17.6. The van der Waals surface area contributed by atoms with Crippen LogP contribution in [0.25, 0.3) is 11.1 Å². The molecule has 4 rings (SSSR count). The number of anilines is 1. The number of likely N-dealkylation sites (tertiary alicyclic amines) is 1. The predicted molar refractivity (Wildman–Crippen MR) is 113 cm³/mol. The molecule has 0 bridgehead atoms. The van der Waals surface area contributed by atoms with Crippen LogP contribution in [-0.4, -0.2) is 51.6 Å². The number of hydrogen-bond acceptors (Lipinski definition) is 7. The molecule has 4 heterocycles. The van der Waals surface area contributed by atoms with Crippen molar-refractivity contribution < 1.29 is 9.32 Å². The summed E-state index contributed by atoms with van der Waals surface area (Å²) < 4.78 is 5.33. The van der Waals surface area contributed by atoms with Crippen LogP contribution in [0.1, 0.15) is 54.2 Å². The van der Waals surface area contributed by atoms with Gasteiger partial charge in [-0.25, -0.2) is 9.97 Å². The van der Waals surface area contributed by atoms with Crippen LogP contribution in [0.15, 0.2) is 41.3 Å². The lowest BCUT2D eigenvalue weighted by atomic mass is 10.0. The number of aryl methyl sites for hydroxylation is 1. The van der Waals surface area contributed by atoms with E-state index in [4.69, 9.17) is 9.51 Å². The highest BCUT2D eigenvalue weighted by molar-refractivity contribution is 5.93. The summed E-state index contributed by atoms with van der Waals surface area (Å²) in [4.78, 5) is 30.4. The highest BCUT2D eigenvalue weighted by Crippen LogP contribution is 2.37. The summed E-state index contributed by atoms with van der Waals surface area (Å²) in [6.07, 6.45) is 8.80. The molecule has 1 aliphatic heterocycles. The number of amides is 1. The Hall–Kier alpha value is -3.29. The lowest BCUT2D eigenvalue weighted by molar-refractivity contribution is 0.0722. The lowest BCUT2D eigenvalue weighted by Crippen LogP contribution is -2.32. The van der Waals surface area contributed by atoms with Crippen molar-refractivity contribution in [3.05, 3.63) is 53.9 Å². The van der Waals surface area contributed by atoms with E-state index < -0.39 is 0 Å². The average Bonchev–Trinajstić information content (AvgIpc) is 3.43. The number of nitrogens with zero attached hydrogens (tertiary/aromatic N) is 6. The van der Waals surface area contributed by atoms with Crippen LogP contribution in [0.4, 0.5) is 5.95 Å². The molecule has 0 aliphatic carbocycles. The largest absolute Gasteiger partial charge is 0.361 e. The Morgan fingerprint density at radius 1 is 1.30 bits per heavy atom. The van der Waals surface area contributed by atoms with E-state index in [2.05, 4.69) is 22.0 Å². The fourth-order valence-electron chi connectivity index (χ4n) is 3.83. The summed E-state index contributed by atoms with van der Waals surface area (Å²) in [5.74, 6) is 1.24. The molecule has 156 valence electrons. The van der Waals surface area contributed by atoms with Gasteiger partial charge in [0.1, 0.15) is 5.76 Å². The van der Waals surface area contributed by atoms with Gasteiger partial charge in [0.15, 0.2) is 5.69 Å². The Morgan fingerprint density at radius 3 is 2.83 bits per heavy atom. The van der Waals surface area contributed by atoms with Crippen molar-refractivity contribution in [1.82, 2.24) is 25.0 Å². The van der Waals surface area contributed by atoms with Crippen LogP contribution in [0.3, 0.4) is 0 Å². The maximum absolute atomic E-state index is 13.3. The van der Waals surface area contributed by atoms with Crippen molar-refractivity contribution in [1.29, 1.82) is 0 Å². The minimum atomic E-state index is -0.145. The number of rotatable bonds is 6. The van der Waals surface area contributed by atoms with Gasteiger partial charge in [-0.1, -0.05) is 12.1 Å². The van der Waals surface area contributed by atoms with Gasteiger partial charge in [0.25, 0.3) is 5.91 Å². The van der Waals surface area contributed by atoms with Crippen LogP contribution < -0.4 is 4.90 Å². The molecule has 1 atom stereocenters. The van der Waals surface area contributed by atoms with Gasteiger partial charge < -0.3 is 14.3 Å². The van der Waals surface area contributed by atoms with Gasteiger partial charge in [0, 0.05) is 57.3 Å². The minimum absolute atomic E-state index is 0.116. The van der Waals surface area contributed by atoms with E-state index in [1.54, 1.807) is 18.5 Å². The van der Waals surface area contributed by atoms with Crippen molar-refractivity contribution in [3.8, 4) is 11.1 Å². The van der Waals surface area contributed by atoms with Crippen molar-refractivity contribution in [2.45, 2.75) is 38.6 Å². The molecule has 0 radical (unpaired) electrons. The van der Waals surface area contributed by atoms with E-state index in [0.717, 1.165) is 48.3 Å². The normalized spacial score (nSPS) is 16.1. The molecule has 8 heteroatoms. The highest BCUT2D eigenvalue weighted by Gasteiger charge is 2.35. The molecular weight excluding hydrogens is 380 g/mol. The highest BCUT2D eigenvalue weighted by atomic mass is 16.5. The third-order valence-corrected chi connectivity index (χ3v) is 5.30. The summed E-state index contributed by atoms with van der Waals surface area (Å²) >= 11 is 0. The number of aromatic nitrogens is 4. The zero-order valence-corrected chi connectivity index (χ0v) is 17.6. The monoisotopic (exact) mass is 406 g/mol. The van der Waals surface area contributed by atoms with Crippen molar-refractivity contribution >= 4 is 11.9 Å². The molecule has 3 aromatic rings. The van der Waals surface area contributed by atoms with Gasteiger partial charge in [-0.3, -0.25) is 9.78 Å². The molecule has 1 aliphatic rings. The van der Waals surface area contributed by atoms with E-state index in [9.17, 15) is 4.79 Å². The number of hydrogen-bond donors (Lipinski definition) is 0. The quantitative estimate of drug-likeness (QED) is 0.619. The molecule has 0 aromatic carbocycles. The van der Waals surface area contributed by atoms with Gasteiger partial charge in [0.05, 0.1) is 11.7 Å². The van der Waals surface area contributed by atoms with Crippen LogP contribution in [0.5, 0.6) is 0 Å². The first kappa shape index (κ1) is 20.0. The van der Waals surface area contributed by atoms with Crippen molar-refractivity contribution in [2.75, 3.05) is 25.5 Å². The zero-order chi connectivity index (χ0) is 21.1. The van der Waals surface area contributed by atoms with Gasteiger partial charge in [-0.2, -0.15) is 0 Å². The third kappa shape index (κ3) is 3.90. The van der Waals surface area contributed by atoms with Crippen LogP contribution in [0, 0.1) is 0 Å². The first-order valence-corrected chi connectivity index (χ1v) is 10.3. The molecule has 0 N–H and O–H groups in total. The van der Waals surface area contributed by atoms with E-state index in [1.165, 1.54) is 0 Å². The van der Waals surface area contributed by atoms with Gasteiger partial charge in [0.2, 0.25) is 5.95 Å². The summed E-state index contributed by atoms with van der Waals surface area (Å²) in [6.45, 7) is 2.73. The Balaban J connectivity index is 1.72. The van der Waals surface area contributed by atoms with Crippen LogP contribution in [-0.2, 0) is 6.42 Å². The molecule has 0 saturated carbocycles. The summed E-state index contributed by atoms with van der Waals surface area (Å²) in [6, 6.07) is 5.49. The summed E-state index contributed by atoms with van der Waals surface area (Å²) in [7, 11) is 3.82. The van der Waals surface area contributed by atoms with Gasteiger partial charge >= 0.3 is 0 Å². The second-order valence-electron chi connectivity index (χ2n) is 7.68. The molecule has 3 aromatic heterocycles. The van der Waals surface area contributed by atoms with Gasteiger partial charge in [-0.15, -0.1) is 0 Å². The SMILES string of the molecule is CCCc1cc(C(=O)N2CCC[C@H]2c2nc(N(C)C)ncc2-c2ccncc2)no1. The van der Waals surface area contributed by atoms with E-state index in [-0.39, 0.29) is 11.9 Å². The molecular formula is C22H26N6O2. The topological polar surface area (TPSA) is 88.3 Å². The Labute approximate surface area is 175 Å².